The summed E-state index contributed by atoms with van der Waals surface area (Å²) in [6.45, 7) is 6.41. The minimum Gasteiger partial charge on any atom is -0.598 e. The van der Waals surface area contributed by atoms with Crippen LogP contribution in [0.5, 0.6) is 0 Å². The van der Waals surface area contributed by atoms with Crippen LogP contribution in [-0.4, -0.2) is 20.8 Å². The third-order valence-electron chi connectivity index (χ3n) is 1.61. The van der Waals surface area contributed by atoms with Crippen molar-refractivity contribution in [1.82, 2.24) is 9.71 Å². The van der Waals surface area contributed by atoms with Gasteiger partial charge in [0.15, 0.2) is 5.89 Å². The van der Waals surface area contributed by atoms with Gasteiger partial charge in [0.1, 0.15) is 11.0 Å². The van der Waals surface area contributed by atoms with Gasteiger partial charge in [0.2, 0.25) is 0 Å². The number of hydrogen-bond donors (Lipinski definition) is 1. The molecule has 0 fully saturated rings. The van der Waals surface area contributed by atoms with Crippen molar-refractivity contribution in [2.45, 2.75) is 31.9 Å². The number of oxazole rings is 1. The first kappa shape index (κ1) is 11.6. The van der Waals surface area contributed by atoms with Crippen molar-refractivity contribution in [2.24, 2.45) is 0 Å². The van der Waals surface area contributed by atoms with Crippen LogP contribution in [0.25, 0.3) is 0 Å². The molecule has 1 unspecified atom stereocenters. The third-order valence-corrected chi connectivity index (χ3v) is 3.19. The number of hydrogen-bond acceptors (Lipinski definition) is 4. The van der Waals surface area contributed by atoms with E-state index in [1.807, 2.05) is 20.8 Å². The normalized spacial score (nSPS) is 14.3. The molecular weight excluding hydrogens is 200 g/mol. The molecule has 5 heteroatoms. The maximum Gasteiger partial charge on any atom is 0.195 e. The van der Waals surface area contributed by atoms with Crippen LogP contribution < -0.4 is 4.72 Å². The molecule has 1 heterocycles. The van der Waals surface area contributed by atoms with Gasteiger partial charge >= 0.3 is 0 Å². The summed E-state index contributed by atoms with van der Waals surface area (Å²) in [6.07, 6.45) is 3.81. The van der Waals surface area contributed by atoms with Gasteiger partial charge < -0.3 is 8.97 Å². The average Bonchev–Trinajstić information content (AvgIpc) is 2.55. The molecule has 1 aromatic heterocycles. The number of rotatable bonds is 4. The molecule has 0 aliphatic rings. The van der Waals surface area contributed by atoms with Gasteiger partial charge in [0, 0.05) is 17.8 Å². The minimum absolute atomic E-state index is 0.226. The fraction of sp³-hybridized carbons (Fsp3) is 0.667. The second kappa shape index (κ2) is 4.82. The standard InChI is InChI=1S/C9H16N2O2S/c1-9(2,3)14(12)11-5-4-8-10-6-7-13-8/h6-7,11H,4-5H2,1-3H3. The lowest BCUT2D eigenvalue weighted by Crippen LogP contribution is -2.40. The molecule has 80 valence electrons. The van der Waals surface area contributed by atoms with Gasteiger partial charge in [-0.05, 0) is 20.8 Å². The second-order valence-corrected chi connectivity index (χ2v) is 6.00. The maximum absolute atomic E-state index is 11.5. The largest absolute Gasteiger partial charge is 0.598 e. The first-order chi connectivity index (χ1) is 6.50. The van der Waals surface area contributed by atoms with E-state index in [2.05, 4.69) is 9.71 Å². The highest BCUT2D eigenvalue weighted by molar-refractivity contribution is 7.90. The summed E-state index contributed by atoms with van der Waals surface area (Å²) in [5, 5.41) is 0. The van der Waals surface area contributed by atoms with Crippen LogP contribution >= 0.6 is 0 Å². The molecule has 1 rings (SSSR count). The van der Waals surface area contributed by atoms with Crippen molar-refractivity contribution in [1.29, 1.82) is 0 Å². The Morgan fingerprint density at radius 2 is 2.29 bits per heavy atom. The van der Waals surface area contributed by atoms with Crippen molar-refractivity contribution in [3.8, 4) is 0 Å². The summed E-state index contributed by atoms with van der Waals surface area (Å²) >= 11 is -1.02. The molecule has 0 aliphatic carbocycles. The topological polar surface area (TPSA) is 61.1 Å². The SMILES string of the molecule is CC(C)(C)[S+]([O-])NCCc1ncco1. The first-order valence-electron chi connectivity index (χ1n) is 4.54. The predicted octanol–water partition coefficient (Wildman–Crippen LogP) is 1.27. The van der Waals surface area contributed by atoms with E-state index in [0.29, 0.717) is 18.9 Å². The van der Waals surface area contributed by atoms with Crippen molar-refractivity contribution in [3.05, 3.63) is 18.4 Å². The van der Waals surface area contributed by atoms with Crippen LogP contribution in [0.4, 0.5) is 0 Å². The van der Waals surface area contributed by atoms with Gasteiger partial charge in [-0.3, -0.25) is 0 Å². The van der Waals surface area contributed by atoms with Gasteiger partial charge in [0.25, 0.3) is 0 Å². The fourth-order valence-corrected chi connectivity index (χ4v) is 1.56. The van der Waals surface area contributed by atoms with Crippen molar-refractivity contribution in [2.75, 3.05) is 6.54 Å². The van der Waals surface area contributed by atoms with Gasteiger partial charge in [-0.1, -0.05) is 0 Å². The number of aromatic nitrogens is 1. The van der Waals surface area contributed by atoms with E-state index in [0.717, 1.165) is 0 Å². The van der Waals surface area contributed by atoms with Crippen molar-refractivity contribution >= 4 is 11.4 Å². The van der Waals surface area contributed by atoms with E-state index in [-0.39, 0.29) is 4.75 Å². The third kappa shape index (κ3) is 3.69. The van der Waals surface area contributed by atoms with E-state index in [1.54, 1.807) is 6.20 Å². The molecule has 0 spiro atoms. The summed E-state index contributed by atoms with van der Waals surface area (Å²) in [5.41, 5.74) is 0. The molecule has 0 saturated carbocycles. The van der Waals surface area contributed by atoms with E-state index in [1.165, 1.54) is 6.26 Å². The zero-order valence-electron chi connectivity index (χ0n) is 8.74. The fourth-order valence-electron chi connectivity index (χ4n) is 0.844. The molecule has 0 bridgehead atoms. The molecule has 0 amide bonds. The van der Waals surface area contributed by atoms with Gasteiger partial charge in [0.05, 0.1) is 12.7 Å². The monoisotopic (exact) mass is 216 g/mol. The highest BCUT2D eigenvalue weighted by atomic mass is 32.2. The lowest BCUT2D eigenvalue weighted by molar-refractivity contribution is 0.489. The van der Waals surface area contributed by atoms with Gasteiger partial charge in [-0.15, -0.1) is 4.72 Å². The molecule has 0 saturated heterocycles. The van der Waals surface area contributed by atoms with Crippen LogP contribution in [0.3, 0.4) is 0 Å². The van der Waals surface area contributed by atoms with E-state index < -0.39 is 11.4 Å². The Hall–Kier alpha value is -0.520. The molecular formula is C9H16N2O2S. The highest BCUT2D eigenvalue weighted by Crippen LogP contribution is 2.12. The van der Waals surface area contributed by atoms with Crippen LogP contribution in [0.2, 0.25) is 0 Å². The Balaban J connectivity index is 2.22. The van der Waals surface area contributed by atoms with Gasteiger partial charge in [-0.25, -0.2) is 4.98 Å². The second-order valence-electron chi connectivity index (χ2n) is 3.95. The molecule has 0 radical (unpaired) electrons. The van der Waals surface area contributed by atoms with E-state index in [9.17, 15) is 4.55 Å². The summed E-state index contributed by atoms with van der Waals surface area (Å²) in [5.74, 6) is 0.670. The molecule has 1 atom stereocenters. The van der Waals surface area contributed by atoms with Crippen LogP contribution in [0.1, 0.15) is 26.7 Å². The molecule has 14 heavy (non-hydrogen) atoms. The maximum atomic E-state index is 11.5. The quantitative estimate of drug-likeness (QED) is 0.770. The summed E-state index contributed by atoms with van der Waals surface area (Å²) < 4.78 is 19.3. The van der Waals surface area contributed by atoms with Crippen molar-refractivity contribution < 1.29 is 8.97 Å². The lowest BCUT2D eigenvalue weighted by atomic mass is 10.3. The van der Waals surface area contributed by atoms with E-state index >= 15 is 0 Å². The Kier molecular flexibility index (Phi) is 3.97. The smallest absolute Gasteiger partial charge is 0.195 e. The molecule has 4 nitrogen and oxygen atoms in total. The Bertz CT molecular complexity index is 256. The zero-order chi connectivity index (χ0) is 10.6. The summed E-state index contributed by atoms with van der Waals surface area (Å²) in [6, 6.07) is 0. The molecule has 1 aromatic rings. The Morgan fingerprint density at radius 1 is 1.57 bits per heavy atom. The average molecular weight is 216 g/mol. The summed E-state index contributed by atoms with van der Waals surface area (Å²) in [4.78, 5) is 3.97. The highest BCUT2D eigenvalue weighted by Gasteiger charge is 2.25. The van der Waals surface area contributed by atoms with Crippen LogP contribution in [0.15, 0.2) is 16.9 Å². The van der Waals surface area contributed by atoms with Crippen LogP contribution in [-0.2, 0) is 17.8 Å². The predicted molar refractivity (Wildman–Crippen MR) is 56.1 cm³/mol. The summed E-state index contributed by atoms with van der Waals surface area (Å²) in [7, 11) is 0. The van der Waals surface area contributed by atoms with Gasteiger partial charge in [-0.2, -0.15) is 0 Å². The van der Waals surface area contributed by atoms with Crippen LogP contribution in [0, 0.1) is 0 Å². The number of nitrogens with zero attached hydrogens (tertiary/aromatic N) is 1. The number of nitrogens with one attached hydrogen (secondary N) is 1. The van der Waals surface area contributed by atoms with E-state index in [4.69, 9.17) is 4.42 Å². The Morgan fingerprint density at radius 3 is 2.79 bits per heavy atom. The first-order valence-corrected chi connectivity index (χ1v) is 5.69. The molecule has 1 N–H and O–H groups in total. The lowest BCUT2D eigenvalue weighted by Gasteiger charge is -2.23. The zero-order valence-corrected chi connectivity index (χ0v) is 9.56. The molecule has 0 aromatic carbocycles. The van der Waals surface area contributed by atoms with Crippen molar-refractivity contribution in [3.63, 3.8) is 0 Å². The Labute approximate surface area is 87.4 Å². The minimum atomic E-state index is -1.02. The molecule has 0 aliphatic heterocycles.